The highest BCUT2D eigenvalue weighted by molar-refractivity contribution is 7.16. The minimum atomic E-state index is -2.02. The van der Waals surface area contributed by atoms with Crippen LogP contribution in [0.3, 0.4) is 0 Å². The maximum absolute atomic E-state index is 15.2. The predicted octanol–water partition coefficient (Wildman–Crippen LogP) is 11.5. The fourth-order valence-electron chi connectivity index (χ4n) is 6.29. The molecule has 5 aromatic rings. The molecule has 3 heterocycles. The Kier molecular flexibility index (Phi) is 18.9. The highest BCUT2D eigenvalue weighted by Crippen LogP contribution is 2.37. The van der Waals surface area contributed by atoms with Gasteiger partial charge in [-0.15, -0.1) is 21.5 Å². The number of methoxy groups -OCH3 is 1. The number of aryl methyl sites for hydroxylation is 2. The highest BCUT2D eigenvalue weighted by atomic mass is 32.1. The number of hydrogen-bond donors (Lipinski definition) is 0. The van der Waals surface area contributed by atoms with Crippen LogP contribution >= 0.6 is 22.7 Å². The first-order valence-corrected chi connectivity index (χ1v) is 31.5. The molecule has 0 bridgehead atoms. The molecule has 69 heavy (non-hydrogen) atoms. The number of carbonyl (C=O) groups excluding carboxylic acids is 2. The molecule has 0 radical (unpaired) electrons. The van der Waals surface area contributed by atoms with Gasteiger partial charge in [0, 0.05) is 45.3 Å². The van der Waals surface area contributed by atoms with Gasteiger partial charge in [0.25, 0.3) is 0 Å². The van der Waals surface area contributed by atoms with Crippen LogP contribution in [0, 0.1) is 24.6 Å². The predicted molar refractivity (Wildman–Crippen MR) is 280 cm³/mol. The summed E-state index contributed by atoms with van der Waals surface area (Å²) >= 11 is 2.94. The number of para-hydroxylation sites is 1. The molecule has 0 fully saturated rings. The molecular weight excluding hydrogens is 950 g/mol. The summed E-state index contributed by atoms with van der Waals surface area (Å²) in [4.78, 5) is 40.1. The lowest BCUT2D eigenvalue weighted by molar-refractivity contribution is 0.0320. The first kappa shape index (κ1) is 55.0. The number of hydrogen-bond acceptors (Lipinski definition) is 14. The summed E-state index contributed by atoms with van der Waals surface area (Å²) in [7, 11) is -0.361. The summed E-state index contributed by atoms with van der Waals surface area (Å²) in [5.74, 6) is 5.76. The third-order valence-electron chi connectivity index (χ3n) is 11.3. The number of carbonyl (C=O) groups is 2. The second kappa shape index (κ2) is 23.8. The van der Waals surface area contributed by atoms with Gasteiger partial charge in [-0.2, -0.15) is 4.99 Å². The van der Waals surface area contributed by atoms with E-state index >= 15 is 4.39 Å². The van der Waals surface area contributed by atoms with Crippen molar-refractivity contribution < 1.29 is 37.4 Å². The first-order chi connectivity index (χ1) is 32.4. The largest absolute Gasteiger partial charge is 0.491 e. The van der Waals surface area contributed by atoms with Gasteiger partial charge in [0.2, 0.25) is 0 Å². The van der Waals surface area contributed by atoms with Gasteiger partial charge in [-0.05, 0) is 113 Å². The van der Waals surface area contributed by atoms with Crippen molar-refractivity contribution in [1.82, 2.24) is 24.6 Å². The van der Waals surface area contributed by atoms with Crippen LogP contribution in [0.4, 0.5) is 26.0 Å². The van der Waals surface area contributed by atoms with Crippen molar-refractivity contribution in [1.29, 1.82) is 0 Å². The van der Waals surface area contributed by atoms with Crippen molar-refractivity contribution >= 4 is 78.1 Å². The Morgan fingerprint density at radius 3 is 2.35 bits per heavy atom. The summed E-state index contributed by atoms with van der Waals surface area (Å²) in [6.45, 7) is 27.9. The number of aromatic nitrogens is 4. The number of benzene rings is 2. The minimum Gasteiger partial charge on any atom is -0.491 e. The molecule has 0 aliphatic heterocycles. The number of esters is 1. The van der Waals surface area contributed by atoms with Crippen molar-refractivity contribution in [3.63, 3.8) is 0 Å². The van der Waals surface area contributed by atoms with Gasteiger partial charge < -0.3 is 33.2 Å². The molecule has 374 valence electrons. The van der Waals surface area contributed by atoms with Crippen LogP contribution in [-0.2, 0) is 31.8 Å². The number of fused-ring (bicyclic) bond motifs is 1. The maximum atomic E-state index is 15.2. The second-order valence-electron chi connectivity index (χ2n) is 20.6. The first-order valence-electron chi connectivity index (χ1n) is 23.3. The van der Waals surface area contributed by atoms with Crippen LogP contribution in [-0.4, -0.2) is 106 Å². The van der Waals surface area contributed by atoms with Gasteiger partial charge >= 0.3 is 12.1 Å². The summed E-state index contributed by atoms with van der Waals surface area (Å²) in [6.07, 6.45) is 1.04. The van der Waals surface area contributed by atoms with Gasteiger partial charge in [-0.3, -0.25) is 4.57 Å². The lowest BCUT2D eigenvalue weighted by Gasteiger charge is -2.36. The molecule has 0 saturated carbocycles. The quantitative estimate of drug-likeness (QED) is 0.0318. The van der Waals surface area contributed by atoms with E-state index in [-0.39, 0.29) is 29.6 Å². The number of nitrogens with zero attached hydrogens (tertiary/aromatic N) is 7. The smallest absolute Gasteiger partial charge is 0.410 e. The topological polar surface area (TPSA) is 143 Å². The third-order valence-corrected chi connectivity index (χ3v) is 19.8. The Bertz CT molecular complexity index is 2690. The maximum Gasteiger partial charge on any atom is 0.410 e. The molecular formula is C50H70FN7O7S2Si2. The Labute approximate surface area is 417 Å². The molecule has 3 aromatic heterocycles. The van der Waals surface area contributed by atoms with Crippen molar-refractivity contribution in [2.45, 2.75) is 124 Å². The van der Waals surface area contributed by atoms with Gasteiger partial charge in [0.05, 0.1) is 30.5 Å². The Morgan fingerprint density at radius 2 is 1.68 bits per heavy atom. The van der Waals surface area contributed by atoms with Gasteiger partial charge in [-0.1, -0.05) is 75.7 Å². The van der Waals surface area contributed by atoms with Crippen molar-refractivity contribution in [3.05, 3.63) is 80.8 Å². The van der Waals surface area contributed by atoms with E-state index in [0.29, 0.717) is 73.0 Å². The number of thiazole rings is 2. The molecule has 14 nitrogen and oxygen atoms in total. The summed E-state index contributed by atoms with van der Waals surface area (Å²) < 4.78 is 47.5. The van der Waals surface area contributed by atoms with Gasteiger partial charge in [0.15, 0.2) is 47.1 Å². The van der Waals surface area contributed by atoms with E-state index < -0.39 is 39.9 Å². The van der Waals surface area contributed by atoms with Crippen LogP contribution < -0.4 is 14.4 Å². The molecule has 0 unspecified atom stereocenters. The number of amides is 1. The lowest BCUT2D eigenvalue weighted by Crippen LogP contribution is -2.41. The van der Waals surface area contributed by atoms with E-state index in [4.69, 9.17) is 38.4 Å². The number of ether oxygens (including phenoxy) is 4. The molecule has 0 saturated heterocycles. The zero-order valence-corrected chi connectivity index (χ0v) is 46.5. The normalized spacial score (nSPS) is 12.5. The molecule has 0 spiro atoms. The minimum absolute atomic E-state index is 0.0531. The third kappa shape index (κ3) is 16.0. The fraction of sp³-hybridized carbons (Fsp3) is 0.520. The lowest BCUT2D eigenvalue weighted by atomic mass is 10.2. The van der Waals surface area contributed by atoms with Gasteiger partial charge in [0.1, 0.15) is 12.3 Å². The van der Waals surface area contributed by atoms with Gasteiger partial charge in [-0.25, -0.2) is 19.0 Å². The van der Waals surface area contributed by atoms with E-state index in [2.05, 4.69) is 87.1 Å². The van der Waals surface area contributed by atoms with E-state index in [0.717, 1.165) is 26.6 Å². The molecule has 19 heteroatoms. The monoisotopic (exact) mass is 1020 g/mol. The van der Waals surface area contributed by atoms with Crippen LogP contribution in [0.25, 0.3) is 10.2 Å². The molecule has 2 aromatic carbocycles. The Balaban J connectivity index is 1.36. The molecule has 1 amide bonds. The van der Waals surface area contributed by atoms with E-state index in [1.165, 1.54) is 35.5 Å². The molecule has 0 atom stereocenters. The zero-order chi connectivity index (χ0) is 50.7. The SMILES string of the molecule is COC(=O)c1nc(N(CCCO[Si](C)(C)C(C)(C)C)c2cc(C)c(N=c3sc4ccccc4n3COCC[Si](C)(C)C)nn2)sc1CCCOc1ccc(C#CCN(C)C(=O)OC(C)(C)C)cc1F. The molecule has 0 aliphatic carbocycles. The standard InChI is InChI=1S/C50H70FN7O7S2Si2/c1-35-32-42(54-55-44(35)53-47-58(34-62-30-31-68(10,11)12)38-21-15-16-22-40(38)66-47)57(27-19-29-64-69(13,14)50(5,6)7)46-52-43(45(59)61-9)41(67-46)23-18-28-63-39-25-24-36(33-37(39)51)20-17-26-56(8)48(60)65-49(2,3)4/h15-16,21-22,24-25,32-33H,18-19,23,26-31,34H2,1-14H3. The average Bonchev–Trinajstić information content (AvgIpc) is 3.84. The highest BCUT2D eigenvalue weighted by Gasteiger charge is 2.37. The Morgan fingerprint density at radius 1 is 0.942 bits per heavy atom. The van der Waals surface area contributed by atoms with Crippen LogP contribution in [0.5, 0.6) is 5.75 Å². The van der Waals surface area contributed by atoms with Crippen LogP contribution in [0.1, 0.15) is 80.9 Å². The molecule has 0 N–H and O–H groups in total. The van der Waals surface area contributed by atoms with Crippen LogP contribution in [0.15, 0.2) is 53.5 Å². The van der Waals surface area contributed by atoms with E-state index in [9.17, 15) is 9.59 Å². The summed E-state index contributed by atoms with van der Waals surface area (Å²) in [6, 6.07) is 15.7. The number of anilines is 2. The molecule has 0 aliphatic rings. The molecule has 5 rings (SSSR count). The van der Waals surface area contributed by atoms with Crippen molar-refractivity contribution in [2.75, 3.05) is 52.0 Å². The van der Waals surface area contributed by atoms with Crippen molar-refractivity contribution in [2.24, 2.45) is 4.99 Å². The number of rotatable bonds is 20. The number of halogens is 1. The Hall–Kier alpha value is -4.98. The summed E-state index contributed by atoms with van der Waals surface area (Å²) in [5, 5.41) is 9.99. The van der Waals surface area contributed by atoms with E-state index in [1.807, 2.05) is 30.0 Å². The van der Waals surface area contributed by atoms with Crippen LogP contribution in [0.2, 0.25) is 43.8 Å². The van der Waals surface area contributed by atoms with E-state index in [1.54, 1.807) is 45.2 Å². The average molecular weight is 1020 g/mol. The zero-order valence-electron chi connectivity index (χ0n) is 42.9. The second-order valence-corrected chi connectivity index (χ2v) is 33.1. The fourth-order valence-corrected chi connectivity index (χ4v) is 10.3. The van der Waals surface area contributed by atoms with Crippen molar-refractivity contribution in [3.8, 4) is 17.6 Å². The summed E-state index contributed by atoms with van der Waals surface area (Å²) in [5.41, 5.74) is 1.87.